The maximum absolute atomic E-state index is 14.1. The van der Waals surface area contributed by atoms with E-state index in [1.807, 2.05) is 0 Å². The highest BCUT2D eigenvalue weighted by molar-refractivity contribution is 8.00. The minimum atomic E-state index is -0.994. The quantitative estimate of drug-likeness (QED) is 0.0637. The topological polar surface area (TPSA) is 92.6 Å². The Balaban J connectivity index is 1.53. The second-order valence-electron chi connectivity index (χ2n) is 10.0. The largest absolute Gasteiger partial charge is 0.507 e. The van der Waals surface area contributed by atoms with Crippen molar-refractivity contribution in [2.75, 3.05) is 11.5 Å². The Morgan fingerprint density at radius 1 is 1.10 bits per heavy atom. The van der Waals surface area contributed by atoms with Crippen LogP contribution < -0.4 is 9.64 Å². The summed E-state index contributed by atoms with van der Waals surface area (Å²) < 4.78 is 20.6. The summed E-state index contributed by atoms with van der Waals surface area (Å²) in [6.07, 6.45) is 0.859. The number of thioether (sulfide) groups is 1. The minimum absolute atomic E-state index is 0.0857. The van der Waals surface area contributed by atoms with Crippen LogP contribution in [0.4, 0.5) is 9.52 Å². The normalized spacial score (nSPS) is 16.4. The van der Waals surface area contributed by atoms with Crippen molar-refractivity contribution in [2.24, 2.45) is 5.92 Å². The van der Waals surface area contributed by atoms with E-state index in [-0.39, 0.29) is 22.3 Å². The Hall–Kier alpha value is -3.73. The zero-order valence-corrected chi connectivity index (χ0v) is 25.2. The van der Waals surface area contributed by atoms with E-state index in [9.17, 15) is 19.1 Å². The van der Waals surface area contributed by atoms with E-state index in [0.29, 0.717) is 50.1 Å². The van der Waals surface area contributed by atoms with Gasteiger partial charge in [-0.2, -0.15) is 0 Å². The lowest BCUT2D eigenvalue weighted by Crippen LogP contribution is -2.29. The van der Waals surface area contributed by atoms with Crippen LogP contribution in [-0.4, -0.2) is 33.6 Å². The van der Waals surface area contributed by atoms with Gasteiger partial charge in [-0.1, -0.05) is 78.9 Å². The molecule has 1 atom stereocenters. The van der Waals surface area contributed by atoms with Crippen molar-refractivity contribution in [1.82, 2.24) is 10.2 Å². The fourth-order valence-electron chi connectivity index (χ4n) is 4.41. The van der Waals surface area contributed by atoms with E-state index in [1.54, 1.807) is 66.7 Å². The lowest BCUT2D eigenvalue weighted by atomic mass is 9.95. The van der Waals surface area contributed by atoms with Crippen LogP contribution in [0.15, 0.2) is 82.7 Å². The van der Waals surface area contributed by atoms with Crippen LogP contribution in [0.5, 0.6) is 5.75 Å². The molecule has 11 heteroatoms. The number of hydrogen-bond donors (Lipinski definition) is 1. The van der Waals surface area contributed by atoms with Crippen molar-refractivity contribution < 1.29 is 23.8 Å². The number of amides is 1. The van der Waals surface area contributed by atoms with Gasteiger partial charge in [0.05, 0.1) is 18.2 Å². The molecule has 1 aromatic heterocycles. The summed E-state index contributed by atoms with van der Waals surface area (Å²) in [6, 6.07) is 18.9. The molecule has 0 saturated carbocycles. The van der Waals surface area contributed by atoms with Gasteiger partial charge >= 0.3 is 5.91 Å². The third-order valence-corrected chi connectivity index (χ3v) is 8.97. The van der Waals surface area contributed by atoms with Crippen LogP contribution in [-0.2, 0) is 15.3 Å². The smallest absolute Gasteiger partial charge is 0.301 e. The molecule has 1 fully saturated rings. The number of ether oxygens (including phenoxy) is 1. The molecule has 1 aliphatic heterocycles. The molecular weight excluding hydrogens is 597 g/mol. The van der Waals surface area contributed by atoms with Gasteiger partial charge in [-0.15, -0.1) is 10.2 Å². The second kappa shape index (κ2) is 13.1. The third-order valence-electron chi connectivity index (χ3n) is 6.61. The molecule has 3 aromatic carbocycles. The number of anilines is 1. The van der Waals surface area contributed by atoms with Crippen molar-refractivity contribution in [3.05, 3.63) is 106 Å². The molecule has 1 saturated heterocycles. The van der Waals surface area contributed by atoms with Crippen LogP contribution in [0.1, 0.15) is 43.0 Å². The fourth-order valence-corrected chi connectivity index (χ4v) is 6.39. The molecule has 0 bridgehead atoms. The Morgan fingerprint density at radius 3 is 2.60 bits per heavy atom. The first-order valence-electron chi connectivity index (χ1n) is 13.2. The van der Waals surface area contributed by atoms with Gasteiger partial charge in [-0.25, -0.2) is 4.39 Å². The highest BCUT2D eigenvalue weighted by Crippen LogP contribution is 2.44. The maximum Gasteiger partial charge on any atom is 0.301 e. The first-order chi connectivity index (χ1) is 20.2. The summed E-state index contributed by atoms with van der Waals surface area (Å²) in [4.78, 5) is 28.3. The highest BCUT2D eigenvalue weighted by atomic mass is 35.5. The molecule has 1 N–H and O–H groups in total. The Kier molecular flexibility index (Phi) is 9.25. The number of Topliss-reactive ketones (excluding diaryl/α,β-unsaturated/α-hetero) is 1. The lowest BCUT2D eigenvalue weighted by molar-refractivity contribution is -0.132. The van der Waals surface area contributed by atoms with E-state index in [0.717, 1.165) is 17.8 Å². The number of aliphatic hydroxyl groups is 1. The van der Waals surface area contributed by atoms with Gasteiger partial charge in [0.1, 0.15) is 17.3 Å². The van der Waals surface area contributed by atoms with E-state index in [2.05, 4.69) is 24.0 Å². The summed E-state index contributed by atoms with van der Waals surface area (Å²) in [7, 11) is 0. The molecule has 216 valence electrons. The summed E-state index contributed by atoms with van der Waals surface area (Å²) in [5.41, 5.74) is 1.32. The van der Waals surface area contributed by atoms with Crippen LogP contribution >= 0.6 is 34.7 Å². The van der Waals surface area contributed by atoms with Crippen LogP contribution in [0.3, 0.4) is 0 Å². The average Bonchev–Trinajstić information content (AvgIpc) is 3.54. The van der Waals surface area contributed by atoms with Crippen molar-refractivity contribution in [1.29, 1.82) is 0 Å². The number of carbonyl (C=O) groups excluding carboxylic acids is 2. The molecule has 0 radical (unpaired) electrons. The van der Waals surface area contributed by atoms with Gasteiger partial charge in [-0.3, -0.25) is 14.5 Å². The molecular formula is C31H27ClFN3O4S2. The number of aliphatic hydroxyl groups excluding tert-OH is 1. The number of benzene rings is 3. The molecule has 4 aromatic rings. The van der Waals surface area contributed by atoms with Crippen molar-refractivity contribution in [3.63, 3.8) is 0 Å². The number of nitrogens with zero attached hydrogens (tertiary/aromatic N) is 3. The second-order valence-corrected chi connectivity index (χ2v) is 12.6. The molecule has 2 heterocycles. The predicted molar refractivity (Wildman–Crippen MR) is 163 cm³/mol. The van der Waals surface area contributed by atoms with Crippen LogP contribution in [0.25, 0.3) is 5.76 Å². The van der Waals surface area contributed by atoms with Gasteiger partial charge in [0.15, 0.2) is 4.34 Å². The van der Waals surface area contributed by atoms with E-state index in [4.69, 9.17) is 16.3 Å². The summed E-state index contributed by atoms with van der Waals surface area (Å²) >= 11 is 8.42. The van der Waals surface area contributed by atoms with Crippen molar-refractivity contribution in [2.45, 2.75) is 36.4 Å². The van der Waals surface area contributed by atoms with Crippen LogP contribution in [0, 0.1) is 11.7 Å². The van der Waals surface area contributed by atoms with Gasteiger partial charge < -0.3 is 9.84 Å². The minimum Gasteiger partial charge on any atom is -0.507 e. The number of hydrogen-bond acceptors (Lipinski definition) is 8. The van der Waals surface area contributed by atoms with Gasteiger partial charge in [0, 0.05) is 16.3 Å². The van der Waals surface area contributed by atoms with Crippen LogP contribution in [0.2, 0.25) is 5.02 Å². The molecule has 7 nitrogen and oxygen atoms in total. The number of halogens is 2. The molecule has 5 rings (SSSR count). The molecule has 42 heavy (non-hydrogen) atoms. The van der Waals surface area contributed by atoms with E-state index in [1.165, 1.54) is 22.7 Å². The van der Waals surface area contributed by atoms with Gasteiger partial charge in [0.2, 0.25) is 5.13 Å². The fraction of sp³-hybridized carbons (Fsp3) is 0.226. The maximum atomic E-state index is 14.1. The first-order valence-corrected chi connectivity index (χ1v) is 15.4. The number of ketones is 1. The summed E-state index contributed by atoms with van der Waals surface area (Å²) in [5, 5.41) is 20.4. The van der Waals surface area contributed by atoms with Gasteiger partial charge in [-0.05, 0) is 65.9 Å². The van der Waals surface area contributed by atoms with E-state index >= 15 is 0 Å². The van der Waals surface area contributed by atoms with Crippen molar-refractivity contribution in [3.8, 4) is 5.75 Å². The third kappa shape index (κ3) is 6.51. The average molecular weight is 624 g/mol. The molecule has 1 unspecified atom stereocenters. The molecule has 0 spiro atoms. The predicted octanol–water partition coefficient (Wildman–Crippen LogP) is 7.67. The SMILES string of the molecule is CC(C)CCOc1cccc(C2C(=C(O)c3ccc(Cl)cc3)C(=O)C(=O)N2c2nnc(SCc3ccccc3F)s2)c1. The monoisotopic (exact) mass is 623 g/mol. The van der Waals surface area contributed by atoms with Gasteiger partial charge in [0.25, 0.3) is 5.78 Å². The summed E-state index contributed by atoms with van der Waals surface area (Å²) in [5.74, 6) is -1.00. The zero-order valence-electron chi connectivity index (χ0n) is 22.8. The Morgan fingerprint density at radius 2 is 1.86 bits per heavy atom. The zero-order chi connectivity index (χ0) is 29.8. The Labute approximate surface area is 256 Å². The van der Waals surface area contributed by atoms with Crippen molar-refractivity contribution >= 4 is 57.3 Å². The molecule has 0 aliphatic carbocycles. The number of rotatable bonds is 10. The lowest BCUT2D eigenvalue weighted by Gasteiger charge is -2.23. The number of carbonyl (C=O) groups is 2. The Bertz CT molecular complexity index is 1640. The highest BCUT2D eigenvalue weighted by Gasteiger charge is 2.48. The van der Waals surface area contributed by atoms with E-state index < -0.39 is 17.7 Å². The number of aromatic nitrogens is 2. The molecule has 1 aliphatic rings. The standard InChI is InChI=1S/C31H27ClFN3O4S2/c1-18(2)14-15-40-23-8-5-7-20(16-23)26-25(27(37)19-10-12-22(32)13-11-19)28(38)29(39)36(26)30-34-35-31(42-30)41-17-21-6-3-4-9-24(21)33/h3-13,16,18,26,37H,14-15,17H2,1-2H3. The molecule has 1 amide bonds. The first kappa shape index (κ1) is 29.8. The summed E-state index contributed by atoms with van der Waals surface area (Å²) in [6.45, 7) is 4.72.